The number of hydrogen-bond donors (Lipinski definition) is 31. The molecule has 0 aliphatic heterocycles. The van der Waals surface area contributed by atoms with Crippen LogP contribution in [-0.4, -0.2) is 276 Å². The zero-order chi connectivity index (χ0) is 90.5. The predicted octanol–water partition coefficient (Wildman–Crippen LogP) is -9.35. The molecule has 122 heavy (non-hydrogen) atoms. The minimum Gasteiger partial charge on any atom is -0.508 e. The molecule has 36 N–H and O–H groups in total. The van der Waals surface area contributed by atoms with Gasteiger partial charge in [0.2, 0.25) is 76.8 Å². The largest absolute Gasteiger partial charge is 0.508 e. The van der Waals surface area contributed by atoms with E-state index in [1.54, 1.807) is 30.3 Å². The lowest BCUT2D eigenvalue weighted by molar-refractivity contribution is -0.142. The van der Waals surface area contributed by atoms with Gasteiger partial charge in [0.1, 0.15) is 78.3 Å². The Kier molecular flexibility index (Phi) is 43.8. The first-order chi connectivity index (χ1) is 57.9. The molecule has 2 aromatic carbocycles. The van der Waals surface area contributed by atoms with Crippen LogP contribution in [0.3, 0.4) is 0 Å². The molecule has 48 nitrogen and oxygen atoms in total. The zero-order valence-corrected chi connectivity index (χ0v) is 67.6. The van der Waals surface area contributed by atoms with Crippen LogP contribution in [-0.2, 0) is 97.6 Å². The second kappa shape index (κ2) is 53.0. The van der Waals surface area contributed by atoms with Gasteiger partial charge in [-0.1, -0.05) is 42.5 Å². The molecule has 0 saturated carbocycles. The number of nitrogens with one attached hydrogen (secondary N) is 21. The molecule has 0 aliphatic carbocycles. The van der Waals surface area contributed by atoms with E-state index in [1.165, 1.54) is 63.2 Å². The number of nitrogens with two attached hydrogens (primary N) is 5. The van der Waals surface area contributed by atoms with Crippen LogP contribution in [0, 0.1) is 16.2 Å². The summed E-state index contributed by atoms with van der Waals surface area (Å²) in [7, 11) is 0. The summed E-state index contributed by atoms with van der Waals surface area (Å²) >= 11 is 0. The lowest BCUT2D eigenvalue weighted by atomic mass is 10.0. The van der Waals surface area contributed by atoms with Crippen molar-refractivity contribution in [3.05, 3.63) is 102 Å². The topological polar surface area (TPSA) is 809 Å². The summed E-state index contributed by atoms with van der Waals surface area (Å²) in [5, 5.41) is 114. The third-order valence-electron chi connectivity index (χ3n) is 18.3. The van der Waals surface area contributed by atoms with Crippen molar-refractivity contribution in [3.63, 3.8) is 0 Å². The van der Waals surface area contributed by atoms with E-state index in [4.69, 9.17) is 44.9 Å². The number of aromatic nitrogens is 4. The summed E-state index contributed by atoms with van der Waals surface area (Å²) in [5.74, 6) is -18.0. The van der Waals surface area contributed by atoms with E-state index in [2.05, 4.69) is 105 Å². The highest BCUT2D eigenvalue weighted by Gasteiger charge is 2.38. The normalized spacial score (nSPS) is 14.4. The molecular weight excluding hydrogens is 1600 g/mol. The van der Waals surface area contributed by atoms with E-state index in [0.29, 0.717) is 17.7 Å². The lowest BCUT2D eigenvalue weighted by Gasteiger charge is -2.29. The number of phenols is 1. The van der Waals surface area contributed by atoms with Crippen LogP contribution in [0.1, 0.15) is 114 Å². The van der Waals surface area contributed by atoms with Gasteiger partial charge in [-0.3, -0.25) is 88.1 Å². The van der Waals surface area contributed by atoms with E-state index < -0.39 is 218 Å². The number of amides is 13. The Labute approximate surface area is 700 Å². The molecule has 2 heterocycles. The van der Waals surface area contributed by atoms with Gasteiger partial charge < -0.3 is 149 Å². The molecule has 0 saturated heterocycles. The molecule has 4 rings (SSSR count). The number of unbranched alkanes of at least 4 members (excludes halogenated alkanes) is 1. The first-order valence-corrected chi connectivity index (χ1v) is 39.0. The molecular formula is C74H114N28O20. The van der Waals surface area contributed by atoms with Gasteiger partial charge in [0.15, 0.2) is 17.9 Å². The number of aromatic amines is 2. The molecule has 4 aromatic rings. The molecule has 0 unspecified atom stereocenters. The second-order valence-corrected chi connectivity index (χ2v) is 28.4. The minimum atomic E-state index is -2.05. The summed E-state index contributed by atoms with van der Waals surface area (Å²) in [4.78, 5) is 222. The van der Waals surface area contributed by atoms with E-state index in [-0.39, 0.29) is 120 Å². The number of H-pyrrole nitrogens is 2. The van der Waals surface area contributed by atoms with Crippen LogP contribution in [0.5, 0.6) is 5.75 Å². The number of aliphatic hydroxyl groups is 2. The number of hydrogen-bond acceptors (Lipinski definition) is 25. The molecule has 2 aromatic heterocycles. The van der Waals surface area contributed by atoms with Gasteiger partial charge in [-0.25, -0.2) is 9.97 Å². The number of rotatable bonds is 56. The van der Waals surface area contributed by atoms with Gasteiger partial charge in [-0.2, -0.15) is 0 Å². The fourth-order valence-corrected chi connectivity index (χ4v) is 11.7. The third kappa shape index (κ3) is 38.0. The Hall–Kier alpha value is -13.6. The van der Waals surface area contributed by atoms with Crippen LogP contribution in [0.4, 0.5) is 0 Å². The molecule has 0 fully saturated rings. The van der Waals surface area contributed by atoms with Crippen molar-refractivity contribution < 1.29 is 97.5 Å². The number of carboxylic acid groups (broad SMARTS) is 2. The zero-order valence-electron chi connectivity index (χ0n) is 67.6. The van der Waals surface area contributed by atoms with Crippen molar-refractivity contribution in [1.82, 2.24) is 105 Å². The van der Waals surface area contributed by atoms with Crippen molar-refractivity contribution in [2.45, 2.75) is 202 Å². The van der Waals surface area contributed by atoms with Crippen molar-refractivity contribution in [2.75, 3.05) is 39.3 Å². The lowest BCUT2D eigenvalue weighted by Crippen LogP contribution is -2.62. The Bertz CT molecular complexity index is 4140. The van der Waals surface area contributed by atoms with Gasteiger partial charge in [0.25, 0.3) is 0 Å². The number of imidazole rings is 2. The van der Waals surface area contributed by atoms with Gasteiger partial charge >= 0.3 is 11.9 Å². The number of phenolic OH excluding ortho intramolecular Hbond substituents is 1. The number of benzene rings is 2. The van der Waals surface area contributed by atoms with Crippen molar-refractivity contribution >= 4 is 107 Å². The van der Waals surface area contributed by atoms with E-state index in [0.717, 1.165) is 6.92 Å². The number of carbonyl (C=O) groups is 15. The van der Waals surface area contributed by atoms with Crippen LogP contribution in [0.2, 0.25) is 0 Å². The smallest absolute Gasteiger partial charge is 0.325 e. The summed E-state index contributed by atoms with van der Waals surface area (Å²) in [5.41, 5.74) is 29.2. The first-order valence-electron chi connectivity index (χ1n) is 39.0. The fourth-order valence-electron chi connectivity index (χ4n) is 11.7. The molecule has 670 valence electrons. The number of aliphatic carboxylic acids is 2. The number of carboxylic acids is 2. The van der Waals surface area contributed by atoms with Crippen LogP contribution in [0.15, 0.2) is 79.6 Å². The molecule has 13 amide bonds. The SMILES string of the molecule is C[C@H](N)C(=O)N[C@@H](CCCNC(=N)N)C(=O)N[C@@H](CCCCN)C(=O)N[C@@H](CCCNC(=N)N)C(=O)N[C@@H](CCC(=O)O)C(=O)N[C@@H](CCCNC(=N)N)C(=O)N[C@H](C(=O)N[C@@H](Cc1ccc(O)cc1)C(=O)N[C@@H](CO)C(=O)N[C@@H](Cc1ccccc1)C(=O)NCC(=O)N[C@@H](Cc1c[nH]cn1)C(=O)N[C@@H](Cc1c[nH]cn1)C(=O)N[C@@H](C)C(=O)O)[C@@H](C)O. The predicted molar refractivity (Wildman–Crippen MR) is 436 cm³/mol. The molecule has 48 heteroatoms. The van der Waals surface area contributed by atoms with Crippen molar-refractivity contribution in [2.24, 2.45) is 28.7 Å². The summed E-state index contributed by atoms with van der Waals surface area (Å²) in [6.45, 7) is 1.70. The number of nitrogens with zero attached hydrogens (tertiary/aromatic N) is 2. The van der Waals surface area contributed by atoms with Crippen LogP contribution < -0.4 is 114 Å². The number of carbonyl (C=O) groups excluding carboxylic acids is 13. The third-order valence-corrected chi connectivity index (χ3v) is 18.3. The van der Waals surface area contributed by atoms with E-state index >= 15 is 0 Å². The average molecular weight is 1720 g/mol. The Morgan fingerprint density at radius 1 is 0.426 bits per heavy atom. The first kappa shape index (κ1) is 101. The number of aliphatic hydroxyl groups excluding tert-OH is 2. The number of guanidine groups is 3. The molecule has 0 radical (unpaired) electrons. The minimum absolute atomic E-state index is 0.00987. The Balaban J connectivity index is 1.63. The summed E-state index contributed by atoms with van der Waals surface area (Å²) in [6, 6.07) is -7.55. The maximum absolute atomic E-state index is 14.7. The van der Waals surface area contributed by atoms with Gasteiger partial charge in [0.05, 0.1) is 49.3 Å². The Morgan fingerprint density at radius 2 is 0.795 bits per heavy atom. The molecule has 0 aliphatic rings. The standard InChI is InChI=1S/C74H114N28O20/c1-38(76)59(109)93-47(15-9-25-85-72(77)78)62(112)94-46(14-7-8-24-75)61(111)95-48(16-10-26-86-73(79)80)63(113)97-50(22-23-57(107)108)64(114)96-49(17-11-27-87-74(81)82)65(115)102-58(40(3)104)70(120)100-52(29-42-18-20-45(105)21-19-42)67(117)101-55(35-103)69(119)98-51(28-41-12-5-4-6-13-41)60(110)88-34-56(106)92-53(30-43-32-83-36-89-43)68(118)99-54(31-44-33-84-37-90-44)66(116)91-39(2)71(121)122/h4-6,12-13,18-21,32-33,36-40,46-55,58,103-105H,7-11,14-17,22-31,34-35,75-76H2,1-3H3,(H,83,89)(H,84,90)(H,88,110)(H,91,116)(H,92,106)(H,93,109)(H,94,112)(H,95,111)(H,96,114)(H,97,113)(H,98,119)(H,99,118)(H,100,120)(H,101,117)(H,102,115)(H,107,108)(H,121,122)(H4,77,78,85)(H4,79,80,86)(H4,81,82,87)/t38-,39-,40+,46-,47-,48-,49-,50-,51-,52-,53-,54-,55-,58-/m0/s1. The van der Waals surface area contributed by atoms with Gasteiger partial charge in [-0.05, 0) is 115 Å². The van der Waals surface area contributed by atoms with Gasteiger partial charge in [0, 0.05) is 64.1 Å². The van der Waals surface area contributed by atoms with Crippen molar-refractivity contribution in [1.29, 1.82) is 16.2 Å². The van der Waals surface area contributed by atoms with E-state index in [9.17, 15) is 97.5 Å². The Morgan fingerprint density at radius 3 is 1.20 bits per heavy atom. The van der Waals surface area contributed by atoms with Crippen molar-refractivity contribution in [3.8, 4) is 5.75 Å². The fraction of sp³-hybridized carbons (Fsp3) is 0.514. The second-order valence-electron chi connectivity index (χ2n) is 28.4. The van der Waals surface area contributed by atoms with Crippen LogP contribution >= 0.6 is 0 Å². The number of aromatic hydroxyl groups is 1. The highest BCUT2D eigenvalue weighted by atomic mass is 16.4. The molecule has 0 spiro atoms. The van der Waals surface area contributed by atoms with Gasteiger partial charge in [-0.15, -0.1) is 0 Å². The van der Waals surface area contributed by atoms with Crippen LogP contribution in [0.25, 0.3) is 0 Å². The highest BCUT2D eigenvalue weighted by Crippen LogP contribution is 2.15. The van der Waals surface area contributed by atoms with E-state index in [1.807, 2.05) is 0 Å². The quantitative estimate of drug-likeness (QED) is 0.0111. The maximum atomic E-state index is 14.7. The summed E-state index contributed by atoms with van der Waals surface area (Å²) in [6.07, 6.45) is 0.733. The molecule has 14 atom stereocenters. The highest BCUT2D eigenvalue weighted by molar-refractivity contribution is 6.00. The maximum Gasteiger partial charge on any atom is 0.325 e. The molecule has 0 bridgehead atoms. The summed E-state index contributed by atoms with van der Waals surface area (Å²) < 4.78 is 0. The monoisotopic (exact) mass is 1710 g/mol. The average Bonchev–Trinajstić information content (AvgIpc) is 1.14.